The highest BCUT2D eigenvalue weighted by Crippen LogP contribution is 2.16. The molecule has 0 aromatic heterocycles. The number of nitrogens with zero attached hydrogens (tertiary/aromatic N) is 2. The van der Waals surface area contributed by atoms with E-state index in [0.717, 1.165) is 45.4 Å². The zero-order valence-electron chi connectivity index (χ0n) is 18.1. The molecule has 2 saturated heterocycles. The Labute approximate surface area is 181 Å². The fourth-order valence-electron chi connectivity index (χ4n) is 4.00. The van der Waals surface area contributed by atoms with Crippen molar-refractivity contribution >= 4 is 15.8 Å². The van der Waals surface area contributed by atoms with Crippen molar-refractivity contribution in [1.82, 2.24) is 15.5 Å². The largest absolute Gasteiger partial charge is 0.378 e. The molecule has 2 aliphatic heterocycles. The van der Waals surface area contributed by atoms with Gasteiger partial charge in [-0.05, 0) is 38.2 Å². The van der Waals surface area contributed by atoms with Crippen LogP contribution in [0.15, 0.2) is 35.3 Å². The van der Waals surface area contributed by atoms with Gasteiger partial charge in [-0.2, -0.15) is 0 Å². The Morgan fingerprint density at radius 1 is 1.20 bits per heavy atom. The summed E-state index contributed by atoms with van der Waals surface area (Å²) >= 11 is 0. The van der Waals surface area contributed by atoms with Crippen LogP contribution >= 0.6 is 0 Å². The quantitative estimate of drug-likeness (QED) is 0.349. The first kappa shape index (κ1) is 23.0. The molecule has 0 aliphatic carbocycles. The van der Waals surface area contributed by atoms with Crippen molar-refractivity contribution < 1.29 is 13.2 Å². The van der Waals surface area contributed by atoms with Crippen molar-refractivity contribution in [3.63, 3.8) is 0 Å². The minimum absolute atomic E-state index is 0.0369. The molecule has 0 bridgehead atoms. The summed E-state index contributed by atoms with van der Waals surface area (Å²) in [4.78, 5) is 7.07. The molecule has 1 atom stereocenters. The van der Waals surface area contributed by atoms with Crippen LogP contribution in [0.4, 0.5) is 0 Å². The minimum atomic E-state index is -2.89. The molecule has 0 saturated carbocycles. The molecule has 30 heavy (non-hydrogen) atoms. The number of benzene rings is 1. The van der Waals surface area contributed by atoms with E-state index in [0.29, 0.717) is 31.6 Å². The fourth-order valence-corrected chi connectivity index (χ4v) is 5.68. The molecule has 0 radical (unpaired) electrons. The van der Waals surface area contributed by atoms with Crippen molar-refractivity contribution in [2.45, 2.75) is 51.3 Å². The summed E-state index contributed by atoms with van der Waals surface area (Å²) in [6.07, 6.45) is 4.02. The van der Waals surface area contributed by atoms with Gasteiger partial charge in [0.25, 0.3) is 0 Å². The average Bonchev–Trinajstić information content (AvgIpc) is 3.08. The van der Waals surface area contributed by atoms with Gasteiger partial charge < -0.3 is 15.4 Å². The van der Waals surface area contributed by atoms with Crippen LogP contribution < -0.4 is 10.6 Å². The summed E-state index contributed by atoms with van der Waals surface area (Å²) in [6, 6.07) is 10.6. The Morgan fingerprint density at radius 3 is 2.63 bits per heavy atom. The van der Waals surface area contributed by atoms with Crippen molar-refractivity contribution in [3.8, 4) is 0 Å². The Balaban J connectivity index is 1.30. The molecule has 1 aromatic rings. The molecule has 8 heteroatoms. The lowest BCUT2D eigenvalue weighted by Gasteiger charge is -2.31. The standard InChI is InChI=1S/C22H36N4O3S/c1-2-23-22(25-20-11-16-30(27,28)18-20)24-12-6-15-29-21-9-13-26(14-10-21)17-19-7-4-3-5-8-19/h3-5,7-8,20-21H,2,6,9-18H2,1H3,(H2,23,24,25). The lowest BCUT2D eigenvalue weighted by Crippen LogP contribution is -2.44. The minimum Gasteiger partial charge on any atom is -0.378 e. The number of likely N-dealkylation sites (tertiary alicyclic amines) is 1. The molecule has 0 amide bonds. The van der Waals surface area contributed by atoms with E-state index in [1.54, 1.807) is 0 Å². The zero-order chi connectivity index (χ0) is 21.2. The van der Waals surface area contributed by atoms with Crippen molar-refractivity contribution in [3.05, 3.63) is 35.9 Å². The van der Waals surface area contributed by atoms with Gasteiger partial charge in [0.05, 0.1) is 17.6 Å². The van der Waals surface area contributed by atoms with Gasteiger partial charge in [0.15, 0.2) is 15.8 Å². The fraction of sp³-hybridized carbons (Fsp3) is 0.682. The number of piperidine rings is 1. The number of ether oxygens (including phenoxy) is 1. The number of sulfone groups is 1. The van der Waals surface area contributed by atoms with Gasteiger partial charge in [-0.25, -0.2) is 8.42 Å². The van der Waals surface area contributed by atoms with Gasteiger partial charge in [0.1, 0.15) is 0 Å². The molecule has 168 valence electrons. The van der Waals surface area contributed by atoms with Crippen molar-refractivity contribution in [2.24, 2.45) is 4.99 Å². The van der Waals surface area contributed by atoms with E-state index < -0.39 is 9.84 Å². The van der Waals surface area contributed by atoms with Crippen molar-refractivity contribution in [2.75, 3.05) is 44.3 Å². The Bertz CT molecular complexity index is 762. The third kappa shape index (κ3) is 7.89. The van der Waals surface area contributed by atoms with E-state index >= 15 is 0 Å². The average molecular weight is 437 g/mol. The first-order chi connectivity index (χ1) is 14.5. The van der Waals surface area contributed by atoms with E-state index in [2.05, 4.69) is 50.9 Å². The molecule has 2 N–H and O–H groups in total. The molecule has 1 unspecified atom stereocenters. The predicted molar refractivity (Wildman–Crippen MR) is 121 cm³/mol. The highest BCUT2D eigenvalue weighted by Gasteiger charge is 2.28. The number of nitrogens with one attached hydrogen (secondary N) is 2. The number of aliphatic imine (C=N–C) groups is 1. The van der Waals surface area contributed by atoms with Crippen LogP contribution in [-0.2, 0) is 21.1 Å². The normalized spacial score (nSPS) is 22.8. The smallest absolute Gasteiger partial charge is 0.191 e. The van der Waals surface area contributed by atoms with Crippen LogP contribution in [0.1, 0.15) is 38.2 Å². The lowest BCUT2D eigenvalue weighted by atomic mass is 10.1. The maximum Gasteiger partial charge on any atom is 0.191 e. The second kappa shape index (κ2) is 11.7. The second-order valence-corrected chi connectivity index (χ2v) is 10.4. The number of rotatable bonds is 9. The van der Waals surface area contributed by atoms with Crippen LogP contribution in [0.2, 0.25) is 0 Å². The monoisotopic (exact) mass is 436 g/mol. The summed E-state index contributed by atoms with van der Waals surface area (Å²) in [7, 11) is -2.89. The zero-order valence-corrected chi connectivity index (χ0v) is 18.9. The Morgan fingerprint density at radius 2 is 1.97 bits per heavy atom. The Hall–Kier alpha value is -1.64. The summed E-state index contributed by atoms with van der Waals surface area (Å²) < 4.78 is 29.3. The summed E-state index contributed by atoms with van der Waals surface area (Å²) in [5.74, 6) is 1.17. The van der Waals surface area contributed by atoms with Crippen LogP contribution in [0, 0.1) is 0 Å². The van der Waals surface area contributed by atoms with Crippen molar-refractivity contribution in [1.29, 1.82) is 0 Å². The lowest BCUT2D eigenvalue weighted by molar-refractivity contribution is 0.00566. The van der Waals surface area contributed by atoms with Gasteiger partial charge in [0, 0.05) is 45.4 Å². The van der Waals surface area contributed by atoms with E-state index in [-0.39, 0.29) is 17.5 Å². The SMILES string of the molecule is CCNC(=NCCCOC1CCN(Cc2ccccc2)CC1)NC1CCS(=O)(=O)C1. The van der Waals surface area contributed by atoms with Crippen LogP contribution in [0.25, 0.3) is 0 Å². The summed E-state index contributed by atoms with van der Waals surface area (Å²) in [6.45, 7) is 7.32. The van der Waals surface area contributed by atoms with Gasteiger partial charge >= 0.3 is 0 Å². The molecular formula is C22H36N4O3S. The van der Waals surface area contributed by atoms with Crippen LogP contribution in [0.5, 0.6) is 0 Å². The molecular weight excluding hydrogens is 400 g/mol. The topological polar surface area (TPSA) is 83.0 Å². The van der Waals surface area contributed by atoms with Gasteiger partial charge in [0.2, 0.25) is 0 Å². The molecule has 2 aliphatic rings. The maximum absolute atomic E-state index is 11.6. The third-order valence-corrected chi connectivity index (χ3v) is 7.39. The first-order valence-electron chi connectivity index (χ1n) is 11.2. The van der Waals surface area contributed by atoms with Crippen LogP contribution in [0.3, 0.4) is 0 Å². The molecule has 3 rings (SSSR count). The molecule has 0 spiro atoms. The molecule has 1 aromatic carbocycles. The summed E-state index contributed by atoms with van der Waals surface area (Å²) in [5, 5.41) is 6.45. The van der Waals surface area contributed by atoms with E-state index in [1.807, 2.05) is 6.92 Å². The van der Waals surface area contributed by atoms with Gasteiger partial charge in [-0.1, -0.05) is 30.3 Å². The number of guanidine groups is 1. The highest BCUT2D eigenvalue weighted by molar-refractivity contribution is 7.91. The Kier molecular flexibility index (Phi) is 8.96. The van der Waals surface area contributed by atoms with Gasteiger partial charge in [-0.3, -0.25) is 9.89 Å². The van der Waals surface area contributed by atoms with E-state index in [1.165, 1.54) is 5.56 Å². The summed E-state index contributed by atoms with van der Waals surface area (Å²) in [5.41, 5.74) is 1.37. The first-order valence-corrected chi connectivity index (χ1v) is 13.0. The third-order valence-electron chi connectivity index (χ3n) is 5.63. The molecule has 7 nitrogen and oxygen atoms in total. The second-order valence-electron chi connectivity index (χ2n) is 8.19. The van der Waals surface area contributed by atoms with E-state index in [4.69, 9.17) is 4.74 Å². The number of hydrogen-bond donors (Lipinski definition) is 2. The highest BCUT2D eigenvalue weighted by atomic mass is 32.2. The number of hydrogen-bond acceptors (Lipinski definition) is 5. The van der Waals surface area contributed by atoms with Gasteiger partial charge in [-0.15, -0.1) is 0 Å². The molecule has 2 fully saturated rings. The van der Waals surface area contributed by atoms with Crippen LogP contribution in [-0.4, -0.2) is 75.7 Å². The van der Waals surface area contributed by atoms with E-state index in [9.17, 15) is 8.42 Å². The molecule has 2 heterocycles. The maximum atomic E-state index is 11.6. The predicted octanol–water partition coefficient (Wildman–Crippen LogP) is 1.80.